The first-order valence-corrected chi connectivity index (χ1v) is 5.32. The van der Waals surface area contributed by atoms with Crippen LogP contribution in [0, 0.1) is 11.3 Å². The first-order chi connectivity index (χ1) is 7.54. The van der Waals surface area contributed by atoms with E-state index in [1.807, 2.05) is 0 Å². The summed E-state index contributed by atoms with van der Waals surface area (Å²) in [6.45, 7) is 0. The van der Waals surface area contributed by atoms with Crippen LogP contribution in [0.1, 0.15) is 5.56 Å². The number of aromatic nitrogens is 1. The topological polar surface area (TPSA) is 77.1 Å². The highest BCUT2D eigenvalue weighted by atomic mass is 79.9. The summed E-state index contributed by atoms with van der Waals surface area (Å²) >= 11 is 9.06. The Labute approximate surface area is 104 Å². The van der Waals surface area contributed by atoms with Gasteiger partial charge in [0.25, 0.3) is 0 Å². The molecule has 0 aliphatic rings. The molecule has 1 aromatic heterocycles. The van der Waals surface area contributed by atoms with Gasteiger partial charge >= 0.3 is 0 Å². The Balaban J connectivity index is 2.95. The summed E-state index contributed by atoms with van der Waals surface area (Å²) in [7, 11) is 0. The first kappa shape index (κ1) is 11.0. The molecule has 2 N–H and O–H groups in total. The molecule has 0 saturated carbocycles. The van der Waals surface area contributed by atoms with Crippen molar-refractivity contribution in [1.82, 2.24) is 4.98 Å². The molecule has 2 aromatic rings. The maximum Gasteiger partial charge on any atom is 0.233 e. The van der Waals surface area contributed by atoms with Crippen LogP contribution in [0.5, 0.6) is 11.6 Å². The van der Waals surface area contributed by atoms with E-state index >= 15 is 0 Å². The molecule has 0 spiro atoms. The van der Waals surface area contributed by atoms with E-state index in [9.17, 15) is 10.2 Å². The third-order valence-corrected chi connectivity index (χ3v) is 3.29. The Morgan fingerprint density at radius 2 is 2.06 bits per heavy atom. The summed E-state index contributed by atoms with van der Waals surface area (Å²) in [5, 5.41) is 28.6. The van der Waals surface area contributed by atoms with Gasteiger partial charge in [-0.1, -0.05) is 11.6 Å². The molecule has 0 bridgehead atoms. The Morgan fingerprint density at radius 1 is 1.38 bits per heavy atom. The van der Waals surface area contributed by atoms with Crippen LogP contribution in [-0.4, -0.2) is 15.2 Å². The van der Waals surface area contributed by atoms with Gasteiger partial charge in [-0.15, -0.1) is 0 Å². The minimum absolute atomic E-state index is 0.258. The number of pyridine rings is 1. The van der Waals surface area contributed by atoms with Crippen LogP contribution in [0.3, 0.4) is 0 Å². The van der Waals surface area contributed by atoms with Gasteiger partial charge < -0.3 is 10.2 Å². The molecular weight excluding hydrogens is 295 g/mol. The Hall–Kier alpha value is -1.51. The minimum Gasteiger partial charge on any atom is -0.506 e. The van der Waals surface area contributed by atoms with E-state index in [1.54, 1.807) is 12.1 Å². The van der Waals surface area contributed by atoms with Crippen molar-refractivity contribution in [2.75, 3.05) is 0 Å². The van der Waals surface area contributed by atoms with E-state index in [1.165, 1.54) is 6.07 Å². The fourth-order valence-electron chi connectivity index (χ4n) is 1.33. The van der Waals surface area contributed by atoms with E-state index in [0.29, 0.717) is 20.4 Å². The molecule has 2 rings (SSSR count). The van der Waals surface area contributed by atoms with Crippen LogP contribution in [0.4, 0.5) is 0 Å². The van der Waals surface area contributed by atoms with Crippen molar-refractivity contribution < 1.29 is 10.2 Å². The quantitative estimate of drug-likeness (QED) is 0.784. The van der Waals surface area contributed by atoms with Gasteiger partial charge in [0.2, 0.25) is 5.88 Å². The highest BCUT2D eigenvalue weighted by Gasteiger charge is 2.14. The molecule has 0 atom stereocenters. The number of hydrogen-bond donors (Lipinski definition) is 2. The summed E-state index contributed by atoms with van der Waals surface area (Å²) in [5.41, 5.74) is 0.0937. The molecular formula is C10H4BrClN2O2. The lowest BCUT2D eigenvalue weighted by Gasteiger charge is -2.05. The molecule has 80 valence electrons. The molecule has 0 aliphatic carbocycles. The molecule has 0 radical (unpaired) electrons. The molecule has 0 saturated heterocycles. The second kappa shape index (κ2) is 3.81. The SMILES string of the molecule is N#Cc1c(O)nc2cc(Br)c(Cl)cc2c1O. The molecule has 1 aromatic carbocycles. The summed E-state index contributed by atoms with van der Waals surface area (Å²) in [6, 6.07) is 4.70. The third kappa shape index (κ3) is 1.56. The van der Waals surface area contributed by atoms with E-state index in [2.05, 4.69) is 20.9 Å². The lowest BCUT2D eigenvalue weighted by molar-refractivity contribution is 0.437. The van der Waals surface area contributed by atoms with Crippen molar-refractivity contribution in [1.29, 1.82) is 5.26 Å². The monoisotopic (exact) mass is 298 g/mol. The standard InChI is InChI=1S/C10H4BrClN2O2/c11-6-2-8-4(1-7(6)12)9(15)5(3-13)10(16)14-8/h1-2H,(H2,14,15,16). The second-order valence-electron chi connectivity index (χ2n) is 3.05. The molecule has 0 fully saturated rings. The maximum absolute atomic E-state index is 9.75. The van der Waals surface area contributed by atoms with Gasteiger partial charge in [0.05, 0.1) is 10.5 Å². The smallest absolute Gasteiger partial charge is 0.233 e. The average Bonchev–Trinajstić information content (AvgIpc) is 2.22. The minimum atomic E-state index is -0.498. The molecule has 0 aliphatic heterocycles. The molecule has 0 unspecified atom stereocenters. The number of rotatable bonds is 0. The largest absolute Gasteiger partial charge is 0.506 e. The van der Waals surface area contributed by atoms with Gasteiger partial charge in [0, 0.05) is 9.86 Å². The second-order valence-corrected chi connectivity index (χ2v) is 4.32. The zero-order valence-electron chi connectivity index (χ0n) is 7.70. The van der Waals surface area contributed by atoms with Crippen molar-refractivity contribution in [3.8, 4) is 17.7 Å². The van der Waals surface area contributed by atoms with Crippen LogP contribution < -0.4 is 0 Å². The van der Waals surface area contributed by atoms with Crippen LogP contribution in [0.15, 0.2) is 16.6 Å². The number of benzene rings is 1. The molecule has 0 amide bonds. The molecule has 16 heavy (non-hydrogen) atoms. The predicted octanol–water partition coefficient (Wildman–Crippen LogP) is 2.93. The van der Waals surface area contributed by atoms with Crippen LogP contribution in [-0.2, 0) is 0 Å². The van der Waals surface area contributed by atoms with E-state index in [0.717, 1.165) is 0 Å². The lowest BCUT2D eigenvalue weighted by atomic mass is 10.1. The summed E-state index contributed by atoms with van der Waals surface area (Å²) < 4.78 is 0.595. The number of nitrogens with zero attached hydrogens (tertiary/aromatic N) is 2. The van der Waals surface area contributed by atoms with Crippen LogP contribution >= 0.6 is 27.5 Å². The normalized spacial score (nSPS) is 10.3. The maximum atomic E-state index is 9.75. The van der Waals surface area contributed by atoms with Crippen molar-refractivity contribution in [3.63, 3.8) is 0 Å². The van der Waals surface area contributed by atoms with E-state index in [-0.39, 0.29) is 11.3 Å². The van der Waals surface area contributed by atoms with Crippen LogP contribution in [0.25, 0.3) is 10.9 Å². The fraction of sp³-hybridized carbons (Fsp3) is 0. The zero-order chi connectivity index (χ0) is 11.9. The van der Waals surface area contributed by atoms with Crippen molar-refractivity contribution >= 4 is 38.4 Å². The lowest BCUT2D eigenvalue weighted by Crippen LogP contribution is -1.87. The van der Waals surface area contributed by atoms with Gasteiger partial charge in [-0.25, -0.2) is 4.98 Å². The Kier molecular flexibility index (Phi) is 2.62. The molecule has 6 heteroatoms. The first-order valence-electron chi connectivity index (χ1n) is 4.15. The number of halogens is 2. The number of hydrogen-bond acceptors (Lipinski definition) is 4. The van der Waals surface area contributed by atoms with Gasteiger partial charge in [-0.05, 0) is 28.1 Å². The highest BCUT2D eigenvalue weighted by Crippen LogP contribution is 2.36. The van der Waals surface area contributed by atoms with E-state index < -0.39 is 5.88 Å². The zero-order valence-corrected chi connectivity index (χ0v) is 10.0. The van der Waals surface area contributed by atoms with E-state index in [4.69, 9.17) is 16.9 Å². The van der Waals surface area contributed by atoms with Gasteiger partial charge in [-0.2, -0.15) is 5.26 Å². The van der Waals surface area contributed by atoms with Crippen molar-refractivity contribution in [2.45, 2.75) is 0 Å². The average molecular weight is 300 g/mol. The predicted molar refractivity (Wildman–Crippen MR) is 62.5 cm³/mol. The van der Waals surface area contributed by atoms with Gasteiger partial charge in [0.1, 0.15) is 11.8 Å². The van der Waals surface area contributed by atoms with Crippen molar-refractivity contribution in [2.24, 2.45) is 0 Å². The summed E-state index contributed by atoms with van der Waals surface area (Å²) in [4.78, 5) is 3.79. The molecule has 4 nitrogen and oxygen atoms in total. The third-order valence-electron chi connectivity index (χ3n) is 2.09. The number of fused-ring (bicyclic) bond motifs is 1. The van der Waals surface area contributed by atoms with Crippen molar-refractivity contribution in [3.05, 3.63) is 27.2 Å². The van der Waals surface area contributed by atoms with Gasteiger partial charge in [0.15, 0.2) is 5.56 Å². The Morgan fingerprint density at radius 3 is 2.69 bits per heavy atom. The fourth-order valence-corrected chi connectivity index (χ4v) is 1.83. The number of aromatic hydroxyl groups is 2. The summed E-state index contributed by atoms with van der Waals surface area (Å²) in [6.07, 6.45) is 0. The Bertz CT molecular complexity index is 637. The molecule has 1 heterocycles. The van der Waals surface area contributed by atoms with Crippen LogP contribution in [0.2, 0.25) is 5.02 Å². The summed E-state index contributed by atoms with van der Waals surface area (Å²) in [5.74, 6) is -0.818. The number of nitriles is 1. The van der Waals surface area contributed by atoms with Gasteiger partial charge in [-0.3, -0.25) is 0 Å². The highest BCUT2D eigenvalue weighted by molar-refractivity contribution is 9.10.